The Kier molecular flexibility index (Phi) is 4.86. The number of likely N-dealkylation sites (tertiary alicyclic amines) is 1. The lowest BCUT2D eigenvalue weighted by Gasteiger charge is -2.47. The van der Waals surface area contributed by atoms with Crippen molar-refractivity contribution in [2.75, 3.05) is 6.54 Å². The van der Waals surface area contributed by atoms with E-state index in [-0.39, 0.29) is 5.91 Å². The summed E-state index contributed by atoms with van der Waals surface area (Å²) in [5.74, 6) is 1.74. The van der Waals surface area contributed by atoms with Crippen LogP contribution >= 0.6 is 11.3 Å². The number of thiazole rings is 1. The van der Waals surface area contributed by atoms with Crippen molar-refractivity contribution in [1.82, 2.24) is 9.88 Å². The third-order valence-electron chi connectivity index (χ3n) is 5.50. The van der Waals surface area contributed by atoms with E-state index in [1.807, 2.05) is 6.92 Å². The number of carbonyl (C=O) groups excluding carboxylic acids is 1. The van der Waals surface area contributed by atoms with Crippen LogP contribution in [-0.2, 0) is 6.42 Å². The first-order valence-corrected chi connectivity index (χ1v) is 9.70. The molecule has 1 aromatic heterocycles. The highest BCUT2D eigenvalue weighted by Crippen LogP contribution is 2.39. The fourth-order valence-corrected chi connectivity index (χ4v) is 5.39. The second-order valence-electron chi connectivity index (χ2n) is 7.05. The van der Waals surface area contributed by atoms with Gasteiger partial charge in [0.25, 0.3) is 5.91 Å². The second-order valence-corrected chi connectivity index (χ2v) is 8.14. The van der Waals surface area contributed by atoms with Crippen LogP contribution in [0.3, 0.4) is 0 Å². The molecule has 1 aliphatic heterocycles. The molecule has 1 saturated carbocycles. The molecule has 22 heavy (non-hydrogen) atoms. The number of nitrogens with zero attached hydrogens (tertiary/aromatic N) is 2. The Morgan fingerprint density at radius 2 is 2.09 bits per heavy atom. The summed E-state index contributed by atoms with van der Waals surface area (Å²) >= 11 is 1.62. The van der Waals surface area contributed by atoms with Crippen LogP contribution in [0, 0.1) is 18.8 Å². The molecule has 4 heteroatoms. The van der Waals surface area contributed by atoms with Crippen LogP contribution in [0.25, 0.3) is 0 Å². The van der Waals surface area contributed by atoms with Gasteiger partial charge in [-0.1, -0.05) is 26.7 Å². The van der Waals surface area contributed by atoms with E-state index < -0.39 is 0 Å². The number of hydrogen-bond acceptors (Lipinski definition) is 3. The first-order chi connectivity index (χ1) is 10.6. The molecule has 1 saturated heterocycles. The van der Waals surface area contributed by atoms with Crippen LogP contribution < -0.4 is 0 Å². The maximum Gasteiger partial charge on any atom is 0.266 e. The van der Waals surface area contributed by atoms with Crippen molar-refractivity contribution in [2.24, 2.45) is 11.8 Å². The molecule has 0 N–H and O–H groups in total. The predicted octanol–water partition coefficient (Wildman–Crippen LogP) is 4.44. The third kappa shape index (κ3) is 2.94. The van der Waals surface area contributed by atoms with Gasteiger partial charge in [-0.25, -0.2) is 4.98 Å². The summed E-state index contributed by atoms with van der Waals surface area (Å²) in [6, 6.07) is 0.473. The summed E-state index contributed by atoms with van der Waals surface area (Å²) < 4.78 is 0. The molecule has 122 valence electrons. The third-order valence-corrected chi connectivity index (χ3v) is 6.70. The van der Waals surface area contributed by atoms with Gasteiger partial charge in [0.05, 0.1) is 10.7 Å². The van der Waals surface area contributed by atoms with Crippen molar-refractivity contribution in [3.05, 3.63) is 15.6 Å². The number of hydrogen-bond donors (Lipinski definition) is 0. The van der Waals surface area contributed by atoms with Gasteiger partial charge < -0.3 is 4.90 Å². The minimum atomic E-state index is 0.251. The zero-order chi connectivity index (χ0) is 15.7. The monoisotopic (exact) mass is 320 g/mol. The van der Waals surface area contributed by atoms with Crippen LogP contribution in [0.2, 0.25) is 0 Å². The lowest BCUT2D eigenvalue weighted by Crippen LogP contribution is -2.52. The van der Waals surface area contributed by atoms with Crippen LogP contribution in [-0.4, -0.2) is 28.4 Å². The van der Waals surface area contributed by atoms with Crippen LogP contribution in [0.5, 0.6) is 0 Å². The van der Waals surface area contributed by atoms with E-state index in [0.29, 0.717) is 6.04 Å². The van der Waals surface area contributed by atoms with E-state index in [1.165, 1.54) is 25.7 Å². The zero-order valence-corrected chi connectivity index (χ0v) is 14.9. The minimum absolute atomic E-state index is 0.251. The van der Waals surface area contributed by atoms with Crippen LogP contribution in [0.15, 0.2) is 0 Å². The van der Waals surface area contributed by atoms with Gasteiger partial charge >= 0.3 is 0 Å². The van der Waals surface area contributed by atoms with Gasteiger partial charge in [-0.2, -0.15) is 0 Å². The number of fused-ring (bicyclic) bond motifs is 1. The molecule has 3 nitrogen and oxygen atoms in total. The topological polar surface area (TPSA) is 33.2 Å². The summed E-state index contributed by atoms with van der Waals surface area (Å²) in [7, 11) is 0. The SMILES string of the molecule is CCCc1nc(C)c(C(=O)N2CCC(C)C3CCCCC32)s1. The molecule has 0 aromatic carbocycles. The highest BCUT2D eigenvalue weighted by Gasteiger charge is 2.40. The molecule has 2 aliphatic rings. The van der Waals surface area contributed by atoms with Gasteiger partial charge in [-0.3, -0.25) is 4.79 Å². The standard InChI is InChI=1S/C18H28N2OS/c1-4-7-16-19-13(3)17(22-16)18(21)20-11-10-12(2)14-8-5-6-9-15(14)20/h12,14-15H,4-11H2,1-3H3. The molecule has 2 fully saturated rings. The zero-order valence-electron chi connectivity index (χ0n) is 14.1. The minimum Gasteiger partial charge on any atom is -0.335 e. The van der Waals surface area contributed by atoms with E-state index in [1.54, 1.807) is 11.3 Å². The van der Waals surface area contributed by atoms with Crippen LogP contribution in [0.4, 0.5) is 0 Å². The first kappa shape index (κ1) is 16.0. The summed E-state index contributed by atoms with van der Waals surface area (Å²) in [6.07, 6.45) is 8.36. The molecular formula is C18H28N2OS. The van der Waals surface area contributed by atoms with Crippen molar-refractivity contribution in [3.63, 3.8) is 0 Å². The van der Waals surface area contributed by atoms with Crippen molar-refractivity contribution in [2.45, 2.75) is 71.8 Å². The van der Waals surface area contributed by atoms with E-state index in [9.17, 15) is 4.79 Å². The molecule has 3 atom stereocenters. The van der Waals surface area contributed by atoms with Gasteiger partial charge in [0, 0.05) is 12.6 Å². The number of piperidine rings is 1. The van der Waals surface area contributed by atoms with Crippen molar-refractivity contribution < 1.29 is 4.79 Å². The lowest BCUT2D eigenvalue weighted by molar-refractivity contribution is 0.0221. The van der Waals surface area contributed by atoms with Gasteiger partial charge in [-0.05, 0) is 50.9 Å². The molecule has 3 unspecified atom stereocenters. The Balaban J connectivity index is 1.81. The van der Waals surface area contributed by atoms with E-state index >= 15 is 0 Å². The molecule has 0 spiro atoms. The second kappa shape index (κ2) is 6.69. The maximum atomic E-state index is 13.1. The lowest BCUT2D eigenvalue weighted by atomic mass is 9.72. The van der Waals surface area contributed by atoms with Crippen molar-refractivity contribution in [1.29, 1.82) is 0 Å². The average molecular weight is 321 g/mol. The number of rotatable bonds is 3. The summed E-state index contributed by atoms with van der Waals surface area (Å²) in [6.45, 7) is 7.47. The fourth-order valence-electron chi connectivity index (χ4n) is 4.27. The number of aryl methyl sites for hydroxylation is 2. The Labute approximate surface area is 138 Å². The van der Waals surface area contributed by atoms with E-state index in [0.717, 1.165) is 53.2 Å². The molecule has 2 heterocycles. The molecule has 0 bridgehead atoms. The predicted molar refractivity (Wildman–Crippen MR) is 91.4 cm³/mol. The van der Waals surface area contributed by atoms with Gasteiger partial charge in [-0.15, -0.1) is 11.3 Å². The van der Waals surface area contributed by atoms with Gasteiger partial charge in [0.15, 0.2) is 0 Å². The Morgan fingerprint density at radius 1 is 1.32 bits per heavy atom. The largest absolute Gasteiger partial charge is 0.335 e. The number of aromatic nitrogens is 1. The molecular weight excluding hydrogens is 292 g/mol. The van der Waals surface area contributed by atoms with Crippen LogP contribution in [0.1, 0.15) is 72.7 Å². The number of carbonyl (C=O) groups is 1. The van der Waals surface area contributed by atoms with Crippen molar-refractivity contribution >= 4 is 17.2 Å². The van der Waals surface area contributed by atoms with Gasteiger partial charge in [0.1, 0.15) is 4.88 Å². The first-order valence-electron chi connectivity index (χ1n) is 8.89. The number of amides is 1. The molecule has 1 amide bonds. The highest BCUT2D eigenvalue weighted by molar-refractivity contribution is 7.13. The Hall–Kier alpha value is -0.900. The van der Waals surface area contributed by atoms with E-state index in [4.69, 9.17) is 0 Å². The fraction of sp³-hybridized carbons (Fsp3) is 0.778. The average Bonchev–Trinajstić information content (AvgIpc) is 2.88. The Bertz CT molecular complexity index is 539. The van der Waals surface area contributed by atoms with Crippen molar-refractivity contribution in [3.8, 4) is 0 Å². The quantitative estimate of drug-likeness (QED) is 0.824. The van der Waals surface area contributed by atoms with E-state index in [2.05, 4.69) is 23.7 Å². The molecule has 1 aromatic rings. The summed E-state index contributed by atoms with van der Waals surface area (Å²) in [5.41, 5.74) is 0.935. The summed E-state index contributed by atoms with van der Waals surface area (Å²) in [5, 5.41) is 1.12. The molecule has 1 aliphatic carbocycles. The highest BCUT2D eigenvalue weighted by atomic mass is 32.1. The normalized spacial score (nSPS) is 28.5. The van der Waals surface area contributed by atoms with Gasteiger partial charge in [0.2, 0.25) is 0 Å². The Morgan fingerprint density at radius 3 is 2.86 bits per heavy atom. The molecule has 0 radical (unpaired) electrons. The summed E-state index contributed by atoms with van der Waals surface area (Å²) in [4.78, 5) is 20.8. The smallest absolute Gasteiger partial charge is 0.266 e. The molecule has 3 rings (SSSR count). The maximum absolute atomic E-state index is 13.1.